The molecular formula is C14H21NOS2. The number of hydrogen-bond acceptors (Lipinski definition) is 3. The average Bonchev–Trinajstić information content (AvgIpc) is 2.28. The van der Waals surface area contributed by atoms with Gasteiger partial charge in [-0.2, -0.15) is 11.8 Å². The molecule has 1 heterocycles. The first-order valence-corrected chi connectivity index (χ1v) is 8.85. The van der Waals surface area contributed by atoms with Crippen LogP contribution in [0.5, 0.6) is 0 Å². The SMILES string of the molecule is CC1CN(Cc2ccc(S(C)=O)cc2)CC(C)S1. The van der Waals surface area contributed by atoms with Crippen molar-refractivity contribution in [2.24, 2.45) is 0 Å². The summed E-state index contributed by atoms with van der Waals surface area (Å²) in [6.07, 6.45) is 1.72. The molecule has 1 fully saturated rings. The van der Waals surface area contributed by atoms with E-state index in [4.69, 9.17) is 0 Å². The molecule has 1 saturated heterocycles. The largest absolute Gasteiger partial charge is 0.297 e. The van der Waals surface area contributed by atoms with Crippen LogP contribution in [0.4, 0.5) is 0 Å². The van der Waals surface area contributed by atoms with Gasteiger partial charge in [0.2, 0.25) is 0 Å². The summed E-state index contributed by atoms with van der Waals surface area (Å²) in [5, 5.41) is 1.44. The fraction of sp³-hybridized carbons (Fsp3) is 0.571. The molecule has 0 aliphatic carbocycles. The molecule has 1 aromatic rings. The Morgan fingerprint density at radius 1 is 1.22 bits per heavy atom. The van der Waals surface area contributed by atoms with Crippen LogP contribution in [-0.4, -0.2) is 39.0 Å². The molecule has 0 saturated carbocycles. The Morgan fingerprint density at radius 2 is 1.78 bits per heavy atom. The zero-order chi connectivity index (χ0) is 13.1. The van der Waals surface area contributed by atoms with E-state index in [9.17, 15) is 4.21 Å². The minimum Gasteiger partial charge on any atom is -0.297 e. The fourth-order valence-corrected chi connectivity index (χ4v) is 4.36. The van der Waals surface area contributed by atoms with Gasteiger partial charge in [-0.15, -0.1) is 0 Å². The molecule has 0 bridgehead atoms. The summed E-state index contributed by atoms with van der Waals surface area (Å²) in [6.45, 7) is 7.94. The second-order valence-corrected chi connectivity index (χ2v) is 8.31. The Bertz CT molecular complexity index is 408. The number of hydrogen-bond donors (Lipinski definition) is 0. The lowest BCUT2D eigenvalue weighted by Crippen LogP contribution is -2.39. The molecule has 0 spiro atoms. The van der Waals surface area contributed by atoms with E-state index in [1.807, 2.05) is 12.1 Å². The molecule has 0 aromatic heterocycles. The van der Waals surface area contributed by atoms with Gasteiger partial charge in [0, 0.05) is 52.1 Å². The van der Waals surface area contributed by atoms with Crippen molar-refractivity contribution in [2.75, 3.05) is 19.3 Å². The molecule has 100 valence electrons. The van der Waals surface area contributed by atoms with Gasteiger partial charge in [-0.05, 0) is 17.7 Å². The molecule has 2 nitrogen and oxygen atoms in total. The highest BCUT2D eigenvalue weighted by Gasteiger charge is 2.21. The van der Waals surface area contributed by atoms with Crippen molar-refractivity contribution in [1.82, 2.24) is 4.90 Å². The molecule has 1 aliphatic rings. The number of nitrogens with zero attached hydrogens (tertiary/aromatic N) is 1. The predicted octanol–water partition coefficient (Wildman–Crippen LogP) is 2.75. The summed E-state index contributed by atoms with van der Waals surface area (Å²) in [4.78, 5) is 3.43. The maximum atomic E-state index is 11.3. The third-order valence-corrected chi connectivity index (χ3v) is 5.32. The summed E-state index contributed by atoms with van der Waals surface area (Å²) in [5.41, 5.74) is 1.32. The van der Waals surface area contributed by atoms with Crippen LogP contribution in [0.1, 0.15) is 19.4 Å². The second-order valence-electron chi connectivity index (χ2n) is 5.05. The molecule has 3 unspecified atom stereocenters. The van der Waals surface area contributed by atoms with E-state index < -0.39 is 10.8 Å². The maximum absolute atomic E-state index is 11.3. The minimum absolute atomic E-state index is 0.719. The molecule has 3 atom stereocenters. The normalized spacial score (nSPS) is 27.1. The van der Waals surface area contributed by atoms with E-state index >= 15 is 0 Å². The van der Waals surface area contributed by atoms with Crippen LogP contribution in [0.3, 0.4) is 0 Å². The van der Waals surface area contributed by atoms with E-state index in [2.05, 4.69) is 42.6 Å². The van der Waals surface area contributed by atoms with E-state index in [0.717, 1.165) is 35.0 Å². The first-order chi connectivity index (χ1) is 8.54. The Labute approximate surface area is 117 Å². The van der Waals surface area contributed by atoms with Crippen molar-refractivity contribution in [3.63, 3.8) is 0 Å². The summed E-state index contributed by atoms with van der Waals surface area (Å²) < 4.78 is 11.3. The van der Waals surface area contributed by atoms with Crippen LogP contribution in [-0.2, 0) is 17.3 Å². The predicted molar refractivity (Wildman–Crippen MR) is 80.6 cm³/mol. The summed E-state index contributed by atoms with van der Waals surface area (Å²) in [7, 11) is -0.872. The third kappa shape index (κ3) is 3.84. The fourth-order valence-electron chi connectivity index (χ4n) is 2.46. The van der Waals surface area contributed by atoms with Gasteiger partial charge in [0.25, 0.3) is 0 Å². The van der Waals surface area contributed by atoms with Crippen LogP contribution in [0, 0.1) is 0 Å². The van der Waals surface area contributed by atoms with Crippen molar-refractivity contribution in [3.05, 3.63) is 29.8 Å². The van der Waals surface area contributed by atoms with Gasteiger partial charge in [-0.25, -0.2) is 0 Å². The van der Waals surface area contributed by atoms with E-state index in [1.165, 1.54) is 5.56 Å². The standard InChI is InChI=1S/C14H21NOS2/c1-11-8-15(9-12(2)17-11)10-13-4-6-14(7-5-13)18(3)16/h4-7,11-12H,8-10H2,1-3H3. The molecule has 1 aromatic carbocycles. The van der Waals surface area contributed by atoms with Crippen LogP contribution in [0.15, 0.2) is 29.2 Å². The highest BCUT2D eigenvalue weighted by Crippen LogP contribution is 2.25. The smallest absolute Gasteiger partial charge is 0.0498 e. The third-order valence-electron chi connectivity index (χ3n) is 3.16. The average molecular weight is 283 g/mol. The van der Waals surface area contributed by atoms with Gasteiger partial charge in [-0.3, -0.25) is 9.11 Å². The molecular weight excluding hydrogens is 262 g/mol. The Kier molecular flexibility index (Phi) is 4.87. The molecule has 2 rings (SSSR count). The van der Waals surface area contributed by atoms with Crippen molar-refractivity contribution in [1.29, 1.82) is 0 Å². The van der Waals surface area contributed by atoms with Gasteiger partial charge in [0.05, 0.1) is 0 Å². The topological polar surface area (TPSA) is 20.3 Å². The van der Waals surface area contributed by atoms with E-state index in [1.54, 1.807) is 6.26 Å². The van der Waals surface area contributed by atoms with Crippen molar-refractivity contribution in [2.45, 2.75) is 35.8 Å². The maximum Gasteiger partial charge on any atom is 0.0498 e. The number of thioether (sulfide) groups is 1. The zero-order valence-electron chi connectivity index (χ0n) is 11.3. The highest BCUT2D eigenvalue weighted by molar-refractivity contribution is 8.00. The van der Waals surface area contributed by atoms with Crippen LogP contribution < -0.4 is 0 Å². The first kappa shape index (κ1) is 14.1. The minimum atomic E-state index is -0.872. The number of rotatable bonds is 3. The molecule has 4 heteroatoms. The van der Waals surface area contributed by atoms with Crippen molar-refractivity contribution >= 4 is 22.6 Å². The Balaban J connectivity index is 1.98. The summed E-state index contributed by atoms with van der Waals surface area (Å²) in [6, 6.07) is 8.18. The summed E-state index contributed by atoms with van der Waals surface area (Å²) in [5.74, 6) is 0. The molecule has 0 radical (unpaired) electrons. The Hall–Kier alpha value is -0.320. The van der Waals surface area contributed by atoms with Crippen LogP contribution >= 0.6 is 11.8 Å². The Morgan fingerprint density at radius 3 is 2.28 bits per heavy atom. The lowest BCUT2D eigenvalue weighted by atomic mass is 10.2. The van der Waals surface area contributed by atoms with Crippen molar-refractivity contribution < 1.29 is 4.21 Å². The number of benzene rings is 1. The molecule has 0 N–H and O–H groups in total. The van der Waals surface area contributed by atoms with Gasteiger partial charge in [-0.1, -0.05) is 26.0 Å². The van der Waals surface area contributed by atoms with Crippen LogP contribution in [0.25, 0.3) is 0 Å². The van der Waals surface area contributed by atoms with E-state index in [0.29, 0.717) is 0 Å². The zero-order valence-corrected chi connectivity index (χ0v) is 12.9. The van der Waals surface area contributed by atoms with Gasteiger partial charge in [0.15, 0.2) is 0 Å². The van der Waals surface area contributed by atoms with Gasteiger partial charge < -0.3 is 0 Å². The van der Waals surface area contributed by atoms with Crippen molar-refractivity contribution in [3.8, 4) is 0 Å². The van der Waals surface area contributed by atoms with Crippen LogP contribution in [0.2, 0.25) is 0 Å². The van der Waals surface area contributed by atoms with E-state index in [-0.39, 0.29) is 0 Å². The molecule has 0 amide bonds. The molecule has 1 aliphatic heterocycles. The van der Waals surface area contributed by atoms with Gasteiger partial charge >= 0.3 is 0 Å². The highest BCUT2D eigenvalue weighted by atomic mass is 32.2. The first-order valence-electron chi connectivity index (χ1n) is 6.35. The molecule has 18 heavy (non-hydrogen) atoms. The second kappa shape index (κ2) is 6.22. The lowest BCUT2D eigenvalue weighted by Gasteiger charge is -2.34. The van der Waals surface area contributed by atoms with Gasteiger partial charge in [0.1, 0.15) is 0 Å². The summed E-state index contributed by atoms with van der Waals surface area (Å²) >= 11 is 2.08. The quantitative estimate of drug-likeness (QED) is 0.851. The lowest BCUT2D eigenvalue weighted by molar-refractivity contribution is 0.263. The monoisotopic (exact) mass is 283 g/mol.